The summed E-state index contributed by atoms with van der Waals surface area (Å²) in [7, 11) is 1.68. The molecule has 5 heteroatoms. The van der Waals surface area contributed by atoms with E-state index in [4.69, 9.17) is 16.7 Å². The summed E-state index contributed by atoms with van der Waals surface area (Å²) in [5, 5.41) is 9.17. The Labute approximate surface area is 111 Å². The van der Waals surface area contributed by atoms with Gasteiger partial charge in [0.05, 0.1) is 6.42 Å². The van der Waals surface area contributed by atoms with Gasteiger partial charge in [0.15, 0.2) is 0 Å². The summed E-state index contributed by atoms with van der Waals surface area (Å²) in [5.74, 6) is -1.11. The minimum Gasteiger partial charge on any atom is -0.481 e. The fourth-order valence-corrected chi connectivity index (χ4v) is 1.73. The highest BCUT2D eigenvalue weighted by molar-refractivity contribution is 6.30. The highest BCUT2D eigenvalue weighted by atomic mass is 35.5. The van der Waals surface area contributed by atoms with Crippen molar-refractivity contribution in [2.45, 2.75) is 19.3 Å². The van der Waals surface area contributed by atoms with Gasteiger partial charge in [0.1, 0.15) is 0 Å². The van der Waals surface area contributed by atoms with E-state index in [0.29, 0.717) is 18.0 Å². The fourth-order valence-electron chi connectivity index (χ4n) is 1.52. The van der Waals surface area contributed by atoms with Crippen LogP contribution >= 0.6 is 11.6 Å². The molecular formula is C13H16ClNO3. The van der Waals surface area contributed by atoms with Gasteiger partial charge in [-0.1, -0.05) is 23.7 Å². The third-order valence-electron chi connectivity index (χ3n) is 2.60. The minimum absolute atomic E-state index is 0.0430. The molecule has 0 saturated carbocycles. The molecule has 0 unspecified atom stereocenters. The standard InChI is InChI=1S/C13H16ClNO3/c1-15(12(16)5-6-13(17)18)8-7-10-3-2-4-11(14)9-10/h2-4,9H,5-8H2,1H3,(H,17,18). The molecule has 0 bridgehead atoms. The molecule has 98 valence electrons. The number of hydrogen-bond acceptors (Lipinski definition) is 2. The zero-order valence-electron chi connectivity index (χ0n) is 10.2. The van der Waals surface area contributed by atoms with Crippen LogP contribution in [0.3, 0.4) is 0 Å². The zero-order valence-corrected chi connectivity index (χ0v) is 11.0. The van der Waals surface area contributed by atoms with E-state index < -0.39 is 5.97 Å². The van der Waals surface area contributed by atoms with Gasteiger partial charge in [-0.05, 0) is 24.1 Å². The number of carboxylic acid groups (broad SMARTS) is 1. The van der Waals surface area contributed by atoms with E-state index in [2.05, 4.69) is 0 Å². The Morgan fingerprint density at radius 3 is 2.67 bits per heavy atom. The number of carbonyl (C=O) groups is 2. The second kappa shape index (κ2) is 7.01. The molecule has 4 nitrogen and oxygen atoms in total. The number of carboxylic acids is 1. The molecule has 0 aliphatic heterocycles. The Balaban J connectivity index is 2.38. The molecule has 0 spiro atoms. The lowest BCUT2D eigenvalue weighted by Gasteiger charge is -2.16. The molecule has 0 aliphatic carbocycles. The first-order chi connectivity index (χ1) is 8.49. The Morgan fingerprint density at radius 1 is 1.33 bits per heavy atom. The monoisotopic (exact) mass is 269 g/mol. The molecule has 0 radical (unpaired) electrons. The van der Waals surface area contributed by atoms with Gasteiger partial charge in [0, 0.05) is 25.0 Å². The predicted octanol–water partition coefficient (Wildman–Crippen LogP) is 2.21. The maximum Gasteiger partial charge on any atom is 0.303 e. The summed E-state index contributed by atoms with van der Waals surface area (Å²) in [5.41, 5.74) is 1.06. The molecule has 0 heterocycles. The highest BCUT2D eigenvalue weighted by Crippen LogP contribution is 2.11. The maximum atomic E-state index is 11.6. The highest BCUT2D eigenvalue weighted by Gasteiger charge is 2.10. The lowest BCUT2D eigenvalue weighted by atomic mass is 10.1. The average molecular weight is 270 g/mol. The zero-order chi connectivity index (χ0) is 13.5. The van der Waals surface area contributed by atoms with Gasteiger partial charge in [0.25, 0.3) is 0 Å². The van der Waals surface area contributed by atoms with Crippen LogP contribution in [-0.2, 0) is 16.0 Å². The molecule has 0 saturated heterocycles. The summed E-state index contributed by atoms with van der Waals surface area (Å²) in [4.78, 5) is 23.5. The van der Waals surface area contributed by atoms with Crippen LogP contribution in [0.5, 0.6) is 0 Å². The molecule has 18 heavy (non-hydrogen) atoms. The number of carbonyl (C=O) groups excluding carboxylic acids is 1. The first-order valence-corrected chi connectivity index (χ1v) is 6.07. The van der Waals surface area contributed by atoms with Crippen LogP contribution in [-0.4, -0.2) is 35.5 Å². The number of aliphatic carboxylic acids is 1. The molecule has 1 N–H and O–H groups in total. The van der Waals surface area contributed by atoms with Gasteiger partial charge >= 0.3 is 5.97 Å². The van der Waals surface area contributed by atoms with Crippen molar-refractivity contribution in [2.24, 2.45) is 0 Å². The van der Waals surface area contributed by atoms with Crippen molar-refractivity contribution in [3.8, 4) is 0 Å². The van der Waals surface area contributed by atoms with E-state index >= 15 is 0 Å². The predicted molar refractivity (Wildman–Crippen MR) is 69.7 cm³/mol. The van der Waals surface area contributed by atoms with E-state index in [1.165, 1.54) is 0 Å². The van der Waals surface area contributed by atoms with Crippen molar-refractivity contribution in [3.05, 3.63) is 34.9 Å². The second-order valence-corrected chi connectivity index (χ2v) is 4.53. The molecule has 1 aromatic rings. The summed E-state index contributed by atoms with van der Waals surface area (Å²) >= 11 is 5.86. The van der Waals surface area contributed by atoms with Gasteiger partial charge in [-0.15, -0.1) is 0 Å². The number of benzene rings is 1. The molecule has 0 atom stereocenters. The normalized spacial score (nSPS) is 10.1. The van der Waals surface area contributed by atoms with Crippen LogP contribution in [0.4, 0.5) is 0 Å². The van der Waals surface area contributed by atoms with Gasteiger partial charge in [-0.3, -0.25) is 9.59 Å². The molecular weight excluding hydrogens is 254 g/mol. The van der Waals surface area contributed by atoms with E-state index in [1.54, 1.807) is 18.0 Å². The summed E-state index contributed by atoms with van der Waals surface area (Å²) in [6, 6.07) is 7.47. The van der Waals surface area contributed by atoms with Gasteiger partial charge in [-0.2, -0.15) is 0 Å². The Hall–Kier alpha value is -1.55. The lowest BCUT2D eigenvalue weighted by Crippen LogP contribution is -2.29. The molecule has 0 aliphatic rings. The molecule has 1 rings (SSSR count). The van der Waals surface area contributed by atoms with Crippen molar-refractivity contribution in [1.82, 2.24) is 4.90 Å². The van der Waals surface area contributed by atoms with Crippen molar-refractivity contribution in [3.63, 3.8) is 0 Å². The number of likely N-dealkylation sites (N-methyl/N-ethyl adjacent to an activating group) is 1. The van der Waals surface area contributed by atoms with Crippen LogP contribution < -0.4 is 0 Å². The van der Waals surface area contributed by atoms with Crippen LogP contribution in [0.25, 0.3) is 0 Å². The third-order valence-corrected chi connectivity index (χ3v) is 2.84. The first kappa shape index (κ1) is 14.5. The molecule has 1 amide bonds. The van der Waals surface area contributed by atoms with E-state index in [9.17, 15) is 9.59 Å². The van der Waals surface area contributed by atoms with Crippen molar-refractivity contribution in [2.75, 3.05) is 13.6 Å². The van der Waals surface area contributed by atoms with Crippen molar-refractivity contribution < 1.29 is 14.7 Å². The maximum absolute atomic E-state index is 11.6. The molecule has 0 aromatic heterocycles. The Morgan fingerprint density at radius 2 is 2.06 bits per heavy atom. The van der Waals surface area contributed by atoms with E-state index in [1.807, 2.05) is 18.2 Å². The number of hydrogen-bond donors (Lipinski definition) is 1. The third kappa shape index (κ3) is 5.19. The first-order valence-electron chi connectivity index (χ1n) is 5.69. The number of halogens is 1. The molecule has 1 aromatic carbocycles. The van der Waals surface area contributed by atoms with Gasteiger partial charge in [0.2, 0.25) is 5.91 Å². The second-order valence-electron chi connectivity index (χ2n) is 4.09. The number of nitrogens with zero attached hydrogens (tertiary/aromatic N) is 1. The minimum atomic E-state index is -0.952. The van der Waals surface area contributed by atoms with Gasteiger partial charge < -0.3 is 10.0 Å². The van der Waals surface area contributed by atoms with Crippen LogP contribution in [0.15, 0.2) is 24.3 Å². The smallest absolute Gasteiger partial charge is 0.303 e. The van der Waals surface area contributed by atoms with E-state index in [-0.39, 0.29) is 18.7 Å². The average Bonchev–Trinajstić information content (AvgIpc) is 2.33. The summed E-state index contributed by atoms with van der Waals surface area (Å²) < 4.78 is 0. The van der Waals surface area contributed by atoms with Gasteiger partial charge in [-0.25, -0.2) is 0 Å². The van der Waals surface area contributed by atoms with Crippen molar-refractivity contribution in [1.29, 1.82) is 0 Å². The van der Waals surface area contributed by atoms with E-state index in [0.717, 1.165) is 5.56 Å². The summed E-state index contributed by atoms with van der Waals surface area (Å²) in [6.07, 6.45) is 0.623. The van der Waals surface area contributed by atoms with Crippen LogP contribution in [0, 0.1) is 0 Å². The Bertz CT molecular complexity index is 434. The van der Waals surface area contributed by atoms with Crippen molar-refractivity contribution >= 4 is 23.5 Å². The molecule has 0 fully saturated rings. The topological polar surface area (TPSA) is 57.6 Å². The quantitative estimate of drug-likeness (QED) is 0.861. The number of rotatable bonds is 6. The van der Waals surface area contributed by atoms with Crippen LogP contribution in [0.2, 0.25) is 5.02 Å². The fraction of sp³-hybridized carbons (Fsp3) is 0.385. The SMILES string of the molecule is CN(CCc1cccc(Cl)c1)C(=O)CCC(=O)O. The summed E-state index contributed by atoms with van der Waals surface area (Å²) in [6.45, 7) is 0.554. The largest absolute Gasteiger partial charge is 0.481 e. The Kier molecular flexibility index (Phi) is 5.65. The number of amides is 1. The van der Waals surface area contributed by atoms with Crippen LogP contribution in [0.1, 0.15) is 18.4 Å². The lowest BCUT2D eigenvalue weighted by molar-refractivity contribution is -0.140.